The molecule has 0 nitrogen and oxygen atoms in total. The van der Waals surface area contributed by atoms with Crippen molar-refractivity contribution >= 4 is 18.6 Å². The molecule has 0 radical (unpaired) electrons. The molecule has 0 aliphatic carbocycles. The quantitative estimate of drug-likeness (QED) is 0.411. The molecule has 1 heteroatoms. The third kappa shape index (κ3) is 4.64. The molecule has 0 saturated heterocycles. The molecule has 0 amide bonds. The molecule has 0 N–H and O–H groups in total. The first-order chi connectivity index (χ1) is 2.91. The third-order valence-corrected chi connectivity index (χ3v) is 2.44. The van der Waals surface area contributed by atoms with Crippen molar-refractivity contribution in [2.75, 3.05) is 0 Å². The maximum atomic E-state index is 2.25. The summed E-state index contributed by atoms with van der Waals surface area (Å²) in [7, 11) is 0. The molecule has 0 bridgehead atoms. The minimum absolute atomic E-state index is 1.11. The van der Waals surface area contributed by atoms with Gasteiger partial charge in [0.25, 0.3) is 0 Å². The molecule has 0 aromatic heterocycles. The summed E-state index contributed by atoms with van der Waals surface area (Å²) in [6.45, 7) is 2.25. The van der Waals surface area contributed by atoms with Gasteiger partial charge in [-0.15, -0.1) is 0 Å². The molecule has 0 aromatic rings. The van der Waals surface area contributed by atoms with E-state index in [1.807, 2.05) is 0 Å². The zero-order valence-electron chi connectivity index (χ0n) is 4.83. The Morgan fingerprint density at radius 2 is 2.00 bits per heavy atom. The molecule has 36 valence electrons. The van der Waals surface area contributed by atoms with Crippen molar-refractivity contribution < 1.29 is 0 Å². The second-order valence-electron chi connectivity index (χ2n) is 1.71. The zero-order valence-corrected chi connectivity index (χ0v) is 9.02. The van der Waals surface area contributed by atoms with Crippen LogP contribution in [-0.4, -0.2) is 18.6 Å². The summed E-state index contributed by atoms with van der Waals surface area (Å²) in [6.07, 6.45) is 4.34. The van der Waals surface area contributed by atoms with Crippen LogP contribution in [0.1, 0.15) is 26.2 Å². The normalized spacial score (nSPS) is 8.83. The van der Waals surface area contributed by atoms with Crippen LogP contribution < -0.4 is 0 Å². The van der Waals surface area contributed by atoms with Crippen LogP contribution in [0.25, 0.3) is 0 Å². The Hall–Kier alpha value is 0.636. The number of rotatable bonds is 3. The standard InChI is InChI=1S/C5H11.Ga.2H/c1-3-5-4-2;;;/h1,3-5H2,2H3;;;. The van der Waals surface area contributed by atoms with Gasteiger partial charge in [-0.05, 0) is 0 Å². The fourth-order valence-electron chi connectivity index (χ4n) is 0.500. The van der Waals surface area contributed by atoms with Gasteiger partial charge < -0.3 is 0 Å². The van der Waals surface area contributed by atoms with Crippen molar-refractivity contribution in [2.45, 2.75) is 31.2 Å². The van der Waals surface area contributed by atoms with Crippen molar-refractivity contribution in [1.82, 2.24) is 0 Å². The molecule has 0 aromatic carbocycles. The predicted octanol–water partition coefficient (Wildman–Crippen LogP) is 1.23. The van der Waals surface area contributed by atoms with E-state index in [0.717, 1.165) is 18.6 Å². The van der Waals surface area contributed by atoms with Gasteiger partial charge in [-0.3, -0.25) is 0 Å². The summed E-state index contributed by atoms with van der Waals surface area (Å²) in [4.78, 5) is 1.54. The Bertz CT molecular complexity index is 15.9. The summed E-state index contributed by atoms with van der Waals surface area (Å²) in [5, 5.41) is 0. The van der Waals surface area contributed by atoms with Gasteiger partial charge in [-0.1, -0.05) is 0 Å². The van der Waals surface area contributed by atoms with Crippen LogP contribution >= 0.6 is 0 Å². The molecule has 0 atom stereocenters. The minimum atomic E-state index is 1.11. The summed E-state index contributed by atoms with van der Waals surface area (Å²) in [5.74, 6) is 0. The summed E-state index contributed by atoms with van der Waals surface area (Å²) in [5.41, 5.74) is 0. The number of hydrogen-bond donors (Lipinski definition) is 0. The summed E-state index contributed by atoms with van der Waals surface area (Å²) in [6, 6.07) is 0. The molecular formula is C5H13Ga. The molecule has 6 heavy (non-hydrogen) atoms. The second-order valence-corrected chi connectivity index (χ2v) is 3.81. The van der Waals surface area contributed by atoms with Crippen LogP contribution in [0.2, 0.25) is 4.98 Å². The second kappa shape index (κ2) is 5.64. The first-order valence-electron chi connectivity index (χ1n) is 2.91. The summed E-state index contributed by atoms with van der Waals surface area (Å²) >= 11 is 1.11. The predicted molar refractivity (Wildman–Crippen MR) is 32.9 cm³/mol. The molecule has 0 heterocycles. The van der Waals surface area contributed by atoms with Crippen LogP contribution in [0.15, 0.2) is 0 Å². The van der Waals surface area contributed by atoms with Gasteiger partial charge in [0, 0.05) is 0 Å². The van der Waals surface area contributed by atoms with Gasteiger partial charge >= 0.3 is 49.8 Å². The average Bonchev–Trinajstić information content (AvgIpc) is 1.61. The van der Waals surface area contributed by atoms with Crippen molar-refractivity contribution in [3.8, 4) is 0 Å². The molecule has 0 rings (SSSR count). The van der Waals surface area contributed by atoms with E-state index in [1.165, 1.54) is 19.3 Å². The monoisotopic (exact) mass is 142 g/mol. The van der Waals surface area contributed by atoms with Crippen molar-refractivity contribution in [1.29, 1.82) is 0 Å². The Morgan fingerprint density at radius 3 is 2.17 bits per heavy atom. The average molecular weight is 143 g/mol. The van der Waals surface area contributed by atoms with Gasteiger partial charge in [0.1, 0.15) is 0 Å². The molecule has 0 aliphatic rings. The van der Waals surface area contributed by atoms with Crippen LogP contribution in [-0.2, 0) is 0 Å². The van der Waals surface area contributed by atoms with Crippen molar-refractivity contribution in [3.63, 3.8) is 0 Å². The van der Waals surface area contributed by atoms with Crippen LogP contribution in [0.3, 0.4) is 0 Å². The third-order valence-electron chi connectivity index (χ3n) is 0.957. The van der Waals surface area contributed by atoms with Crippen molar-refractivity contribution in [2.24, 2.45) is 0 Å². The van der Waals surface area contributed by atoms with Gasteiger partial charge in [-0.2, -0.15) is 0 Å². The van der Waals surface area contributed by atoms with E-state index in [9.17, 15) is 0 Å². The van der Waals surface area contributed by atoms with E-state index in [4.69, 9.17) is 0 Å². The molecule has 0 spiro atoms. The molecule has 0 aliphatic heterocycles. The Kier molecular flexibility index (Phi) is 6.23. The van der Waals surface area contributed by atoms with E-state index >= 15 is 0 Å². The molecule has 0 unspecified atom stereocenters. The van der Waals surface area contributed by atoms with Gasteiger partial charge in [0.2, 0.25) is 0 Å². The molecule has 0 fully saturated rings. The topological polar surface area (TPSA) is 0 Å². The van der Waals surface area contributed by atoms with E-state index < -0.39 is 0 Å². The van der Waals surface area contributed by atoms with Gasteiger partial charge in [-0.25, -0.2) is 0 Å². The fraction of sp³-hybridized carbons (Fsp3) is 1.00. The van der Waals surface area contributed by atoms with Gasteiger partial charge in [0.15, 0.2) is 0 Å². The summed E-state index contributed by atoms with van der Waals surface area (Å²) < 4.78 is 0. The Balaban J connectivity index is 2.34. The first kappa shape index (κ1) is 6.64. The van der Waals surface area contributed by atoms with Crippen molar-refractivity contribution in [3.05, 3.63) is 0 Å². The Labute approximate surface area is 50.2 Å². The number of unbranched alkanes of at least 4 members (excludes halogenated alkanes) is 2. The van der Waals surface area contributed by atoms with E-state index in [-0.39, 0.29) is 0 Å². The SMILES string of the molecule is CCCC[CH2][GaH2]. The van der Waals surface area contributed by atoms with Crippen LogP contribution in [0, 0.1) is 0 Å². The van der Waals surface area contributed by atoms with E-state index in [2.05, 4.69) is 6.92 Å². The molecular weight excluding hydrogens is 130 g/mol. The zero-order chi connectivity index (χ0) is 4.83. The molecule has 0 saturated carbocycles. The fourth-order valence-corrected chi connectivity index (χ4v) is 1.55. The number of hydrogen-bond acceptors (Lipinski definition) is 0. The first-order valence-corrected chi connectivity index (χ1v) is 5.88. The van der Waals surface area contributed by atoms with Crippen LogP contribution in [0.5, 0.6) is 0 Å². The van der Waals surface area contributed by atoms with Crippen LogP contribution in [0.4, 0.5) is 0 Å². The van der Waals surface area contributed by atoms with E-state index in [0.29, 0.717) is 0 Å². The van der Waals surface area contributed by atoms with E-state index in [1.54, 1.807) is 4.98 Å². The van der Waals surface area contributed by atoms with Gasteiger partial charge in [0.05, 0.1) is 0 Å². The Morgan fingerprint density at radius 1 is 1.33 bits per heavy atom. The maximum absolute atomic E-state index is 2.25.